The largest absolute Gasteiger partial charge is 0.399 e. The lowest BCUT2D eigenvalue weighted by molar-refractivity contribution is -0.127. The third kappa shape index (κ3) is 5.13. The van der Waals surface area contributed by atoms with Crippen LogP contribution in [-0.4, -0.2) is 37.0 Å². The van der Waals surface area contributed by atoms with Gasteiger partial charge in [0, 0.05) is 55.1 Å². The maximum atomic E-state index is 13.2. The van der Waals surface area contributed by atoms with Crippen LogP contribution in [0.5, 0.6) is 0 Å². The molecule has 2 N–H and O–H groups in total. The molecule has 0 aromatic heterocycles. The highest BCUT2D eigenvalue weighted by Gasteiger charge is 2.25. The molecule has 7 heteroatoms. The molecule has 0 spiro atoms. The van der Waals surface area contributed by atoms with Crippen molar-refractivity contribution in [2.75, 3.05) is 41.7 Å². The standard InChI is InChI=1S/C26H24FN5O/c27-21-6-10-23(11-7-21)30-14-16-31(17-15-30)26(33)20(18-28)19-32(24-4-2-1-3-5-24)25-12-8-22(29)9-13-25/h1-13,19H,14-17,29H2/b20-19-. The molecule has 33 heavy (non-hydrogen) atoms. The molecule has 1 aliphatic heterocycles. The number of amides is 1. The topological polar surface area (TPSA) is 76.6 Å². The lowest BCUT2D eigenvalue weighted by Crippen LogP contribution is -2.49. The van der Waals surface area contributed by atoms with Crippen LogP contribution in [0, 0.1) is 17.1 Å². The van der Waals surface area contributed by atoms with E-state index in [4.69, 9.17) is 5.73 Å². The first-order valence-corrected chi connectivity index (χ1v) is 10.7. The normalized spacial score (nSPS) is 14.0. The van der Waals surface area contributed by atoms with E-state index in [0.29, 0.717) is 31.9 Å². The molecule has 1 heterocycles. The SMILES string of the molecule is N#C/C(=C/N(c1ccccc1)c1ccc(N)cc1)C(=O)N1CCN(c2ccc(F)cc2)CC1. The minimum atomic E-state index is -0.312. The molecule has 0 aliphatic carbocycles. The minimum absolute atomic E-state index is 0.0471. The fraction of sp³-hybridized carbons (Fsp3) is 0.154. The van der Waals surface area contributed by atoms with Gasteiger partial charge in [0.2, 0.25) is 0 Å². The van der Waals surface area contributed by atoms with Crippen LogP contribution in [0.15, 0.2) is 90.6 Å². The van der Waals surface area contributed by atoms with E-state index in [1.165, 1.54) is 12.1 Å². The fourth-order valence-electron chi connectivity index (χ4n) is 3.77. The number of para-hydroxylation sites is 1. The molecule has 1 aliphatic rings. The number of anilines is 4. The van der Waals surface area contributed by atoms with Crippen molar-refractivity contribution in [3.63, 3.8) is 0 Å². The van der Waals surface area contributed by atoms with Crippen molar-refractivity contribution in [1.82, 2.24) is 4.90 Å². The van der Waals surface area contributed by atoms with E-state index in [1.54, 1.807) is 35.4 Å². The van der Waals surface area contributed by atoms with Crippen molar-refractivity contribution >= 4 is 28.7 Å². The summed E-state index contributed by atoms with van der Waals surface area (Å²) in [4.78, 5) is 18.8. The Hall–Kier alpha value is -4.31. The Morgan fingerprint density at radius 3 is 2.12 bits per heavy atom. The number of rotatable bonds is 5. The number of hydrogen-bond donors (Lipinski definition) is 1. The van der Waals surface area contributed by atoms with Gasteiger partial charge >= 0.3 is 0 Å². The summed E-state index contributed by atoms with van der Waals surface area (Å²) < 4.78 is 13.2. The molecule has 1 amide bonds. The Labute approximate surface area is 192 Å². The maximum absolute atomic E-state index is 13.2. The van der Waals surface area contributed by atoms with Crippen LogP contribution in [0.4, 0.5) is 27.1 Å². The second-order valence-corrected chi connectivity index (χ2v) is 7.71. The summed E-state index contributed by atoms with van der Waals surface area (Å²) in [6.45, 7) is 2.16. The highest BCUT2D eigenvalue weighted by molar-refractivity contribution is 5.98. The molecular formula is C26H24FN5O. The second kappa shape index (κ2) is 9.88. The van der Waals surface area contributed by atoms with Crippen molar-refractivity contribution < 1.29 is 9.18 Å². The Bertz CT molecular complexity index is 1160. The van der Waals surface area contributed by atoms with E-state index in [2.05, 4.69) is 11.0 Å². The summed E-state index contributed by atoms with van der Waals surface area (Å²) in [6.07, 6.45) is 1.58. The van der Waals surface area contributed by atoms with Gasteiger partial charge in [-0.1, -0.05) is 18.2 Å². The van der Waals surface area contributed by atoms with Crippen molar-refractivity contribution in [3.8, 4) is 6.07 Å². The van der Waals surface area contributed by atoms with Crippen LogP contribution >= 0.6 is 0 Å². The van der Waals surface area contributed by atoms with E-state index in [9.17, 15) is 14.4 Å². The Kier molecular flexibility index (Phi) is 6.56. The number of carbonyl (C=O) groups is 1. The molecule has 3 aromatic carbocycles. The predicted octanol–water partition coefficient (Wildman–Crippen LogP) is 4.30. The number of nitrogens with zero attached hydrogens (tertiary/aromatic N) is 4. The molecule has 0 bridgehead atoms. The fourth-order valence-corrected chi connectivity index (χ4v) is 3.77. The van der Waals surface area contributed by atoms with Gasteiger partial charge in [0.05, 0.1) is 0 Å². The summed E-state index contributed by atoms with van der Waals surface area (Å²) >= 11 is 0. The molecule has 0 saturated carbocycles. The lowest BCUT2D eigenvalue weighted by Gasteiger charge is -2.36. The molecule has 0 radical (unpaired) electrons. The number of carbonyl (C=O) groups excluding carboxylic acids is 1. The quantitative estimate of drug-likeness (QED) is 0.363. The van der Waals surface area contributed by atoms with Gasteiger partial charge in [-0.05, 0) is 60.7 Å². The van der Waals surface area contributed by atoms with Gasteiger partial charge in [0.25, 0.3) is 5.91 Å². The first-order chi connectivity index (χ1) is 16.0. The van der Waals surface area contributed by atoms with Gasteiger partial charge in [-0.2, -0.15) is 5.26 Å². The molecule has 1 saturated heterocycles. The lowest BCUT2D eigenvalue weighted by atomic mass is 10.2. The van der Waals surface area contributed by atoms with Gasteiger partial charge in [-0.3, -0.25) is 4.79 Å². The average Bonchev–Trinajstić information content (AvgIpc) is 2.86. The number of nitrogens with two attached hydrogens (primary N) is 1. The van der Waals surface area contributed by atoms with E-state index in [-0.39, 0.29) is 17.3 Å². The third-order valence-corrected chi connectivity index (χ3v) is 5.57. The van der Waals surface area contributed by atoms with Crippen molar-refractivity contribution in [2.24, 2.45) is 0 Å². The highest BCUT2D eigenvalue weighted by atomic mass is 19.1. The number of benzene rings is 3. The molecule has 1 fully saturated rings. The van der Waals surface area contributed by atoms with Crippen LogP contribution in [0.1, 0.15) is 0 Å². The van der Waals surface area contributed by atoms with Gasteiger partial charge in [-0.25, -0.2) is 4.39 Å². The van der Waals surface area contributed by atoms with Gasteiger partial charge < -0.3 is 20.4 Å². The summed E-state index contributed by atoms with van der Waals surface area (Å²) in [5.74, 6) is -0.590. The van der Waals surface area contributed by atoms with Crippen LogP contribution in [-0.2, 0) is 4.79 Å². The number of piperazine rings is 1. The zero-order valence-corrected chi connectivity index (χ0v) is 18.1. The Morgan fingerprint density at radius 1 is 0.909 bits per heavy atom. The Balaban J connectivity index is 1.54. The third-order valence-electron chi connectivity index (χ3n) is 5.57. The molecule has 0 atom stereocenters. The first-order valence-electron chi connectivity index (χ1n) is 10.7. The minimum Gasteiger partial charge on any atom is -0.399 e. The molecule has 4 rings (SSSR count). The van der Waals surface area contributed by atoms with Crippen molar-refractivity contribution in [2.45, 2.75) is 0 Å². The number of nitrogen functional groups attached to an aromatic ring is 1. The van der Waals surface area contributed by atoms with Gasteiger partial charge in [0.1, 0.15) is 17.5 Å². The average molecular weight is 442 g/mol. The smallest absolute Gasteiger partial charge is 0.266 e. The maximum Gasteiger partial charge on any atom is 0.266 e. The summed E-state index contributed by atoms with van der Waals surface area (Å²) in [5, 5.41) is 9.81. The van der Waals surface area contributed by atoms with E-state index in [1.807, 2.05) is 47.4 Å². The van der Waals surface area contributed by atoms with E-state index < -0.39 is 0 Å². The second-order valence-electron chi connectivity index (χ2n) is 7.71. The monoisotopic (exact) mass is 441 g/mol. The number of halogens is 1. The molecular weight excluding hydrogens is 417 g/mol. The van der Waals surface area contributed by atoms with Crippen LogP contribution < -0.4 is 15.5 Å². The van der Waals surface area contributed by atoms with Gasteiger partial charge in [0.15, 0.2) is 0 Å². The first kappa shape index (κ1) is 21.9. The number of hydrogen-bond acceptors (Lipinski definition) is 5. The highest BCUT2D eigenvalue weighted by Crippen LogP contribution is 2.27. The van der Waals surface area contributed by atoms with Crippen molar-refractivity contribution in [1.29, 1.82) is 5.26 Å². The number of nitriles is 1. The zero-order chi connectivity index (χ0) is 23.2. The molecule has 166 valence electrons. The summed E-state index contributed by atoms with van der Waals surface area (Å²) in [7, 11) is 0. The van der Waals surface area contributed by atoms with E-state index in [0.717, 1.165) is 17.1 Å². The van der Waals surface area contributed by atoms with Crippen LogP contribution in [0.2, 0.25) is 0 Å². The molecule has 0 unspecified atom stereocenters. The summed E-state index contributed by atoms with van der Waals surface area (Å²) in [5.41, 5.74) is 9.03. The van der Waals surface area contributed by atoms with Crippen LogP contribution in [0.25, 0.3) is 0 Å². The summed E-state index contributed by atoms with van der Waals surface area (Å²) in [6, 6.07) is 25.2. The van der Waals surface area contributed by atoms with E-state index >= 15 is 0 Å². The van der Waals surface area contributed by atoms with Gasteiger partial charge in [-0.15, -0.1) is 0 Å². The van der Waals surface area contributed by atoms with Crippen LogP contribution in [0.3, 0.4) is 0 Å². The predicted molar refractivity (Wildman–Crippen MR) is 128 cm³/mol. The van der Waals surface area contributed by atoms with Crippen molar-refractivity contribution in [3.05, 3.63) is 96.5 Å². The zero-order valence-electron chi connectivity index (χ0n) is 18.1. The Morgan fingerprint density at radius 2 is 1.52 bits per heavy atom. The molecule has 6 nitrogen and oxygen atoms in total. The molecule has 3 aromatic rings.